The normalized spacial score (nSPS) is 10.2. The Morgan fingerprint density at radius 2 is 2.47 bits per heavy atom. The van der Waals surface area contributed by atoms with Crippen LogP contribution in [0, 0.1) is 6.92 Å². The molecule has 1 aromatic rings. The van der Waals surface area contributed by atoms with Crippen molar-refractivity contribution in [3.63, 3.8) is 0 Å². The van der Waals surface area contributed by atoms with Gasteiger partial charge in [0.1, 0.15) is 0 Å². The smallest absolute Gasteiger partial charge is 0.221 e. The van der Waals surface area contributed by atoms with E-state index in [0.29, 0.717) is 13.0 Å². The maximum atomic E-state index is 11.4. The molecule has 0 aliphatic heterocycles. The van der Waals surface area contributed by atoms with Crippen molar-refractivity contribution in [3.8, 4) is 0 Å². The number of nitrogens with one attached hydrogen (secondary N) is 1. The van der Waals surface area contributed by atoms with Gasteiger partial charge in [-0.25, -0.2) is 4.98 Å². The van der Waals surface area contributed by atoms with E-state index in [2.05, 4.69) is 38.2 Å². The van der Waals surface area contributed by atoms with Crippen LogP contribution in [0.1, 0.15) is 17.1 Å². The molecule has 0 aromatic carbocycles. The fourth-order valence-electron chi connectivity index (χ4n) is 1.10. The number of halogens is 1. The topological polar surface area (TPSA) is 42.0 Å². The number of carbonyl (C=O) groups excluding carboxylic acids is 1. The molecule has 0 saturated heterocycles. The van der Waals surface area contributed by atoms with Crippen LogP contribution in [-0.4, -0.2) is 23.2 Å². The number of amides is 1. The Morgan fingerprint density at radius 1 is 1.71 bits per heavy atom. The highest BCUT2D eigenvalue weighted by atomic mass is 79.9. The molecule has 94 valence electrons. The van der Waals surface area contributed by atoms with Gasteiger partial charge in [0.15, 0.2) is 0 Å². The van der Waals surface area contributed by atoms with Crippen LogP contribution < -0.4 is 5.32 Å². The first-order chi connectivity index (χ1) is 8.08. The highest BCUT2D eigenvalue weighted by molar-refractivity contribution is 9.11. The van der Waals surface area contributed by atoms with Gasteiger partial charge in [-0.1, -0.05) is 22.5 Å². The Kier molecular flexibility index (Phi) is 6.84. The Morgan fingerprint density at radius 3 is 3.06 bits per heavy atom. The minimum Gasteiger partial charge on any atom is -0.351 e. The van der Waals surface area contributed by atoms with Crippen LogP contribution in [-0.2, 0) is 10.5 Å². The van der Waals surface area contributed by atoms with Gasteiger partial charge in [0, 0.05) is 34.3 Å². The molecule has 1 heterocycles. The summed E-state index contributed by atoms with van der Waals surface area (Å²) in [6, 6.07) is 0. The van der Waals surface area contributed by atoms with E-state index < -0.39 is 0 Å². The molecule has 0 radical (unpaired) electrons. The number of aryl methyl sites for hydroxylation is 1. The molecular formula is C11H15BrN2OS2. The van der Waals surface area contributed by atoms with Crippen LogP contribution in [0.2, 0.25) is 0 Å². The molecule has 0 unspecified atom stereocenters. The van der Waals surface area contributed by atoms with Gasteiger partial charge < -0.3 is 5.32 Å². The van der Waals surface area contributed by atoms with Gasteiger partial charge in [-0.3, -0.25) is 4.79 Å². The number of thioether (sulfide) groups is 1. The van der Waals surface area contributed by atoms with Crippen molar-refractivity contribution in [1.82, 2.24) is 10.3 Å². The van der Waals surface area contributed by atoms with Gasteiger partial charge in [-0.05, 0) is 6.92 Å². The molecule has 17 heavy (non-hydrogen) atoms. The third-order valence-corrected chi connectivity index (χ3v) is 3.96. The molecular weight excluding hydrogens is 320 g/mol. The first kappa shape index (κ1) is 14.7. The van der Waals surface area contributed by atoms with Crippen molar-refractivity contribution in [1.29, 1.82) is 0 Å². The number of nitrogens with zero attached hydrogens (tertiary/aromatic N) is 1. The van der Waals surface area contributed by atoms with Crippen LogP contribution >= 0.6 is 39.0 Å². The zero-order valence-corrected chi connectivity index (χ0v) is 12.9. The van der Waals surface area contributed by atoms with Crippen LogP contribution in [0.4, 0.5) is 0 Å². The second-order valence-electron chi connectivity index (χ2n) is 3.45. The molecule has 0 spiro atoms. The lowest BCUT2D eigenvalue weighted by atomic mass is 10.4. The summed E-state index contributed by atoms with van der Waals surface area (Å²) in [6.07, 6.45) is 0.536. The Hall–Kier alpha value is -0.330. The number of carbonyl (C=O) groups is 1. The Balaban J connectivity index is 2.07. The van der Waals surface area contributed by atoms with E-state index in [0.717, 1.165) is 26.7 Å². The van der Waals surface area contributed by atoms with Crippen LogP contribution in [0.3, 0.4) is 0 Å². The van der Waals surface area contributed by atoms with Gasteiger partial charge in [0.25, 0.3) is 0 Å². The predicted molar refractivity (Wildman–Crippen MR) is 78.7 cm³/mol. The lowest BCUT2D eigenvalue weighted by molar-refractivity contribution is -0.120. The predicted octanol–water partition coefficient (Wildman–Crippen LogP) is 3.10. The summed E-state index contributed by atoms with van der Waals surface area (Å²) in [6.45, 7) is 6.15. The van der Waals surface area contributed by atoms with E-state index in [1.54, 1.807) is 23.1 Å². The summed E-state index contributed by atoms with van der Waals surface area (Å²) in [5, 5.41) is 5.93. The van der Waals surface area contributed by atoms with Crippen molar-refractivity contribution in [2.75, 3.05) is 12.3 Å². The highest BCUT2D eigenvalue weighted by Gasteiger charge is 2.02. The molecule has 0 aliphatic carbocycles. The summed E-state index contributed by atoms with van der Waals surface area (Å²) in [7, 11) is 0. The maximum Gasteiger partial charge on any atom is 0.221 e. The molecule has 0 saturated carbocycles. The monoisotopic (exact) mass is 334 g/mol. The van der Waals surface area contributed by atoms with Gasteiger partial charge in [-0.15, -0.1) is 11.3 Å². The van der Waals surface area contributed by atoms with Crippen LogP contribution in [0.5, 0.6) is 0 Å². The van der Waals surface area contributed by atoms with Crippen molar-refractivity contribution >= 4 is 44.9 Å². The van der Waals surface area contributed by atoms with Crippen molar-refractivity contribution in [3.05, 3.63) is 27.1 Å². The number of rotatable bonds is 7. The fraction of sp³-hybridized carbons (Fsp3) is 0.455. The lowest BCUT2D eigenvalue weighted by Crippen LogP contribution is -2.24. The van der Waals surface area contributed by atoms with Gasteiger partial charge in [-0.2, -0.15) is 11.8 Å². The second kappa shape index (κ2) is 7.89. The molecule has 1 N–H and O–H groups in total. The average Bonchev–Trinajstić information content (AvgIpc) is 2.68. The summed E-state index contributed by atoms with van der Waals surface area (Å²) >= 11 is 6.59. The van der Waals surface area contributed by atoms with E-state index in [-0.39, 0.29) is 5.91 Å². The third kappa shape index (κ3) is 6.85. The summed E-state index contributed by atoms with van der Waals surface area (Å²) in [5.74, 6) is 1.76. The molecule has 3 nitrogen and oxygen atoms in total. The zero-order valence-electron chi connectivity index (χ0n) is 9.66. The molecule has 0 fully saturated rings. The van der Waals surface area contributed by atoms with Crippen LogP contribution in [0.25, 0.3) is 0 Å². The van der Waals surface area contributed by atoms with Crippen LogP contribution in [0.15, 0.2) is 16.4 Å². The van der Waals surface area contributed by atoms with E-state index in [9.17, 15) is 4.79 Å². The Labute approximate surface area is 118 Å². The van der Waals surface area contributed by atoms with Gasteiger partial charge in [0.2, 0.25) is 5.91 Å². The minimum absolute atomic E-state index is 0.0626. The molecule has 6 heteroatoms. The van der Waals surface area contributed by atoms with Crippen molar-refractivity contribution in [2.45, 2.75) is 19.1 Å². The third-order valence-electron chi connectivity index (χ3n) is 1.87. The number of aromatic nitrogens is 1. The molecule has 1 rings (SSSR count). The van der Waals surface area contributed by atoms with E-state index in [1.165, 1.54) is 0 Å². The SMILES string of the molecule is C=C(Br)CNC(=O)CCSCc1csc(C)n1. The average molecular weight is 335 g/mol. The largest absolute Gasteiger partial charge is 0.351 e. The number of hydrogen-bond donors (Lipinski definition) is 1. The van der Waals surface area contributed by atoms with E-state index in [1.807, 2.05) is 6.92 Å². The lowest BCUT2D eigenvalue weighted by Gasteiger charge is -2.03. The summed E-state index contributed by atoms with van der Waals surface area (Å²) in [5.41, 5.74) is 1.10. The van der Waals surface area contributed by atoms with Crippen molar-refractivity contribution in [2.24, 2.45) is 0 Å². The molecule has 1 aromatic heterocycles. The van der Waals surface area contributed by atoms with Gasteiger partial charge >= 0.3 is 0 Å². The maximum absolute atomic E-state index is 11.4. The minimum atomic E-state index is 0.0626. The highest BCUT2D eigenvalue weighted by Crippen LogP contribution is 2.15. The first-order valence-corrected chi connectivity index (χ1v) is 7.99. The molecule has 0 bridgehead atoms. The zero-order chi connectivity index (χ0) is 12.7. The van der Waals surface area contributed by atoms with Gasteiger partial charge in [0.05, 0.1) is 10.7 Å². The fourth-order valence-corrected chi connectivity index (χ4v) is 2.79. The number of hydrogen-bond acceptors (Lipinski definition) is 4. The molecule has 1 amide bonds. The first-order valence-electron chi connectivity index (χ1n) is 5.16. The number of thiazole rings is 1. The van der Waals surface area contributed by atoms with E-state index in [4.69, 9.17) is 0 Å². The standard InChI is InChI=1S/C11H15BrN2OS2/c1-8(12)5-13-11(15)3-4-16-6-10-7-17-9(2)14-10/h7H,1,3-6H2,2H3,(H,13,15). The summed E-state index contributed by atoms with van der Waals surface area (Å²) < 4.78 is 0.788. The summed E-state index contributed by atoms with van der Waals surface area (Å²) in [4.78, 5) is 15.7. The molecule has 0 atom stereocenters. The second-order valence-corrected chi connectivity index (χ2v) is 6.74. The Bertz CT molecular complexity index is 393. The molecule has 0 aliphatic rings. The van der Waals surface area contributed by atoms with E-state index >= 15 is 0 Å². The van der Waals surface area contributed by atoms with Crippen molar-refractivity contribution < 1.29 is 4.79 Å². The quantitative estimate of drug-likeness (QED) is 0.779.